The molecule has 7 heteroatoms. The van der Waals surface area contributed by atoms with Crippen molar-refractivity contribution in [3.8, 4) is 17.2 Å². The highest BCUT2D eigenvalue weighted by Gasteiger charge is 2.25. The van der Waals surface area contributed by atoms with E-state index in [9.17, 15) is 9.59 Å². The van der Waals surface area contributed by atoms with Crippen molar-refractivity contribution in [1.29, 1.82) is 0 Å². The lowest BCUT2D eigenvalue weighted by Crippen LogP contribution is -2.30. The van der Waals surface area contributed by atoms with E-state index in [0.717, 1.165) is 0 Å². The number of nitrogens with one attached hydrogen (secondary N) is 1. The van der Waals surface area contributed by atoms with Gasteiger partial charge in [-0.3, -0.25) is 4.79 Å². The van der Waals surface area contributed by atoms with Crippen LogP contribution in [0.4, 0.5) is 5.69 Å². The van der Waals surface area contributed by atoms with E-state index in [0.29, 0.717) is 17.4 Å². The lowest BCUT2D eigenvalue weighted by molar-refractivity contribution is -0.123. The number of methoxy groups -OCH3 is 3. The van der Waals surface area contributed by atoms with Crippen LogP contribution in [0.5, 0.6) is 17.2 Å². The highest BCUT2D eigenvalue weighted by molar-refractivity contribution is 5.99. The quantitative estimate of drug-likeness (QED) is 0.673. The van der Waals surface area contributed by atoms with Gasteiger partial charge in [-0.25, -0.2) is 4.79 Å². The summed E-state index contributed by atoms with van der Waals surface area (Å²) in [5.41, 5.74) is 1.93. The summed E-state index contributed by atoms with van der Waals surface area (Å²) >= 11 is 0. The summed E-state index contributed by atoms with van der Waals surface area (Å²) < 4.78 is 21.1. The van der Waals surface area contributed by atoms with Crippen LogP contribution in [0.1, 0.15) is 42.6 Å². The fourth-order valence-electron chi connectivity index (χ4n) is 2.73. The fourth-order valence-corrected chi connectivity index (χ4v) is 2.73. The molecule has 0 radical (unpaired) electrons. The molecule has 0 heterocycles. The monoisotopic (exact) mass is 401 g/mol. The molecule has 1 amide bonds. The second-order valence-corrected chi connectivity index (χ2v) is 6.70. The van der Waals surface area contributed by atoms with Crippen LogP contribution < -0.4 is 19.5 Å². The minimum absolute atomic E-state index is 0.131. The first-order chi connectivity index (χ1) is 13.8. The van der Waals surface area contributed by atoms with Crippen molar-refractivity contribution < 1.29 is 28.5 Å². The van der Waals surface area contributed by atoms with Crippen molar-refractivity contribution in [3.05, 3.63) is 47.5 Å². The molecule has 29 heavy (non-hydrogen) atoms. The third-order valence-corrected chi connectivity index (χ3v) is 4.42. The number of esters is 1. The Hall–Kier alpha value is -3.22. The largest absolute Gasteiger partial charge is 0.493 e. The summed E-state index contributed by atoms with van der Waals surface area (Å²) in [6.07, 6.45) is -1.01. The maximum absolute atomic E-state index is 12.6. The molecule has 2 aromatic rings. The number of benzene rings is 2. The van der Waals surface area contributed by atoms with Crippen molar-refractivity contribution in [3.63, 3.8) is 0 Å². The van der Waals surface area contributed by atoms with Crippen LogP contribution in [0.2, 0.25) is 0 Å². The van der Waals surface area contributed by atoms with E-state index in [1.165, 1.54) is 39.9 Å². The normalized spacial score (nSPS) is 11.6. The van der Waals surface area contributed by atoms with Gasteiger partial charge in [0.15, 0.2) is 17.6 Å². The van der Waals surface area contributed by atoms with Crippen LogP contribution in [0.25, 0.3) is 0 Å². The predicted octanol–water partition coefficient (Wildman–Crippen LogP) is 4.02. The molecule has 156 valence electrons. The minimum Gasteiger partial charge on any atom is -0.493 e. The van der Waals surface area contributed by atoms with Crippen LogP contribution in [0.15, 0.2) is 36.4 Å². The molecule has 0 spiro atoms. The zero-order chi connectivity index (χ0) is 21.6. The van der Waals surface area contributed by atoms with Gasteiger partial charge in [0.1, 0.15) is 5.56 Å². The Kier molecular flexibility index (Phi) is 7.47. The molecule has 0 aliphatic carbocycles. The molecular weight excluding hydrogens is 374 g/mol. The van der Waals surface area contributed by atoms with Gasteiger partial charge in [-0.2, -0.15) is 0 Å². The summed E-state index contributed by atoms with van der Waals surface area (Å²) in [5.74, 6) is 0.115. The van der Waals surface area contributed by atoms with Gasteiger partial charge in [0.2, 0.25) is 5.75 Å². The maximum atomic E-state index is 12.6. The molecule has 7 nitrogen and oxygen atoms in total. The Bertz CT molecular complexity index is 860. The first-order valence-electron chi connectivity index (χ1n) is 9.23. The Morgan fingerprint density at radius 1 is 0.828 bits per heavy atom. The molecule has 0 aliphatic heterocycles. The molecular formula is C22H27NO6. The van der Waals surface area contributed by atoms with Gasteiger partial charge < -0.3 is 24.3 Å². The highest BCUT2D eigenvalue weighted by atomic mass is 16.6. The van der Waals surface area contributed by atoms with Crippen LogP contribution in [0.3, 0.4) is 0 Å². The van der Waals surface area contributed by atoms with Gasteiger partial charge >= 0.3 is 5.97 Å². The molecule has 0 aromatic heterocycles. The first kappa shape index (κ1) is 22.1. The molecule has 0 aliphatic rings. The molecule has 1 atom stereocenters. The lowest BCUT2D eigenvalue weighted by atomic mass is 10.0. The van der Waals surface area contributed by atoms with Crippen molar-refractivity contribution in [2.24, 2.45) is 0 Å². The van der Waals surface area contributed by atoms with Gasteiger partial charge in [0.05, 0.1) is 21.3 Å². The number of hydrogen-bond donors (Lipinski definition) is 1. The summed E-state index contributed by atoms with van der Waals surface area (Å²) in [5, 5.41) is 2.74. The molecule has 2 rings (SSSR count). The Labute approximate surface area is 170 Å². The van der Waals surface area contributed by atoms with Crippen molar-refractivity contribution >= 4 is 17.6 Å². The zero-order valence-electron chi connectivity index (χ0n) is 17.6. The van der Waals surface area contributed by atoms with Crippen molar-refractivity contribution in [2.75, 3.05) is 26.6 Å². The van der Waals surface area contributed by atoms with Gasteiger partial charge in [-0.15, -0.1) is 0 Å². The van der Waals surface area contributed by atoms with E-state index in [1.54, 1.807) is 6.07 Å². The summed E-state index contributed by atoms with van der Waals surface area (Å²) in [6.45, 7) is 5.69. The van der Waals surface area contributed by atoms with Crippen LogP contribution in [0, 0.1) is 0 Å². The van der Waals surface area contributed by atoms with E-state index >= 15 is 0 Å². The van der Waals surface area contributed by atoms with E-state index in [4.69, 9.17) is 18.9 Å². The van der Waals surface area contributed by atoms with Crippen LogP contribution in [-0.2, 0) is 9.53 Å². The number of amides is 1. The topological polar surface area (TPSA) is 83.1 Å². The summed E-state index contributed by atoms with van der Waals surface area (Å²) in [6, 6.07) is 10.6. The molecule has 0 bridgehead atoms. The van der Waals surface area contributed by atoms with E-state index < -0.39 is 18.0 Å². The van der Waals surface area contributed by atoms with Crippen LogP contribution in [-0.4, -0.2) is 39.3 Å². The number of anilines is 1. The highest BCUT2D eigenvalue weighted by Crippen LogP contribution is 2.40. The SMILES string of the molecule is COc1ccc(C(=O)O[C@@H](C)C(=O)Nc2ccc(C(C)C)cc2)c(OC)c1OC. The van der Waals surface area contributed by atoms with E-state index in [-0.39, 0.29) is 17.1 Å². The lowest BCUT2D eigenvalue weighted by Gasteiger charge is -2.17. The Morgan fingerprint density at radius 3 is 1.97 bits per heavy atom. The molecule has 0 saturated carbocycles. The fraction of sp³-hybridized carbons (Fsp3) is 0.364. The van der Waals surface area contributed by atoms with Gasteiger partial charge in [-0.1, -0.05) is 26.0 Å². The van der Waals surface area contributed by atoms with Gasteiger partial charge in [0.25, 0.3) is 5.91 Å². The zero-order valence-corrected chi connectivity index (χ0v) is 17.6. The third kappa shape index (κ3) is 5.19. The molecule has 2 aromatic carbocycles. The molecule has 0 saturated heterocycles. The minimum atomic E-state index is -1.01. The number of carbonyl (C=O) groups excluding carboxylic acids is 2. The first-order valence-corrected chi connectivity index (χ1v) is 9.23. The summed E-state index contributed by atoms with van der Waals surface area (Å²) in [4.78, 5) is 25.0. The van der Waals surface area contributed by atoms with Crippen molar-refractivity contribution in [1.82, 2.24) is 0 Å². The standard InChI is InChI=1S/C22H27NO6/c1-13(2)15-7-9-16(10-8-15)23-21(24)14(3)29-22(25)17-11-12-18(26-4)20(28-6)19(17)27-5/h7-14H,1-6H3,(H,23,24)/t14-/m0/s1. The van der Waals surface area contributed by atoms with E-state index in [1.807, 2.05) is 24.3 Å². The van der Waals surface area contributed by atoms with Gasteiger partial charge in [-0.05, 0) is 42.7 Å². The number of rotatable bonds is 8. The van der Waals surface area contributed by atoms with Gasteiger partial charge in [0, 0.05) is 5.69 Å². The average molecular weight is 401 g/mol. The molecule has 1 N–H and O–H groups in total. The maximum Gasteiger partial charge on any atom is 0.342 e. The number of carbonyl (C=O) groups is 2. The van der Waals surface area contributed by atoms with Crippen molar-refractivity contribution in [2.45, 2.75) is 32.8 Å². The van der Waals surface area contributed by atoms with Crippen LogP contribution >= 0.6 is 0 Å². The predicted molar refractivity (Wildman–Crippen MR) is 110 cm³/mol. The number of ether oxygens (including phenoxy) is 4. The third-order valence-electron chi connectivity index (χ3n) is 4.42. The number of hydrogen-bond acceptors (Lipinski definition) is 6. The molecule has 0 fully saturated rings. The molecule has 0 unspecified atom stereocenters. The Balaban J connectivity index is 2.11. The average Bonchev–Trinajstić information content (AvgIpc) is 2.72. The second kappa shape index (κ2) is 9.82. The Morgan fingerprint density at radius 2 is 1.45 bits per heavy atom. The van der Waals surface area contributed by atoms with E-state index in [2.05, 4.69) is 19.2 Å². The second-order valence-electron chi connectivity index (χ2n) is 6.70. The smallest absolute Gasteiger partial charge is 0.342 e. The summed E-state index contributed by atoms with van der Waals surface area (Å²) in [7, 11) is 4.33.